The minimum Gasteiger partial charge on any atom is -0.392 e. The maximum atomic E-state index is 10.2. The monoisotopic (exact) mass is 133 g/mol. The Morgan fingerprint density at radius 1 is 2.00 bits per heavy atom. The molecule has 0 amide bonds. The summed E-state index contributed by atoms with van der Waals surface area (Å²) in [6.45, 7) is 4.76. The Morgan fingerprint density at radius 3 is 2.62 bits per heavy atom. The largest absolute Gasteiger partial charge is 0.392 e. The summed E-state index contributed by atoms with van der Waals surface area (Å²) < 4.78 is 0. The molecule has 1 unspecified atom stereocenters. The minimum absolute atomic E-state index is 0.0210. The fourth-order valence-electron chi connectivity index (χ4n) is 0.214. The van der Waals surface area contributed by atoms with Gasteiger partial charge in [0, 0.05) is 12.7 Å². The summed E-state index contributed by atoms with van der Waals surface area (Å²) in [5.41, 5.74) is 0. The van der Waals surface area contributed by atoms with E-state index in [4.69, 9.17) is 5.11 Å². The zero-order valence-electron chi connectivity index (χ0n) is 4.76. The van der Waals surface area contributed by atoms with Crippen LogP contribution in [0.1, 0.15) is 6.92 Å². The summed E-state index contributed by atoms with van der Waals surface area (Å²) in [7, 11) is 0. The Morgan fingerprint density at radius 2 is 2.50 bits per heavy atom. The Balaban J connectivity index is 3.05. The van der Waals surface area contributed by atoms with E-state index in [1.807, 2.05) is 0 Å². The van der Waals surface area contributed by atoms with Gasteiger partial charge >= 0.3 is 0 Å². The van der Waals surface area contributed by atoms with Crippen molar-refractivity contribution in [3.05, 3.63) is 6.92 Å². The van der Waals surface area contributed by atoms with Gasteiger partial charge in [0.25, 0.3) is 0 Å². The van der Waals surface area contributed by atoms with Crippen LogP contribution in [-0.4, -0.2) is 22.1 Å². The molecule has 0 rings (SSSR count). The summed E-state index contributed by atoms with van der Waals surface area (Å²) in [5, 5.41) is 8.54. The quantitative estimate of drug-likeness (QED) is 0.594. The molecule has 1 N–H and O–H groups in total. The van der Waals surface area contributed by atoms with Crippen LogP contribution in [0.5, 0.6) is 0 Å². The van der Waals surface area contributed by atoms with Crippen molar-refractivity contribution >= 4 is 16.9 Å². The molecular weight excluding hydrogens is 124 g/mol. The van der Waals surface area contributed by atoms with Gasteiger partial charge in [-0.25, -0.2) is 0 Å². The fraction of sp³-hybridized carbons (Fsp3) is 0.600. The maximum Gasteiger partial charge on any atom is 0.185 e. The van der Waals surface area contributed by atoms with E-state index in [0.29, 0.717) is 5.75 Å². The second-order valence-electron chi connectivity index (χ2n) is 1.46. The minimum atomic E-state index is -0.621. The van der Waals surface area contributed by atoms with Crippen LogP contribution in [0.25, 0.3) is 0 Å². The van der Waals surface area contributed by atoms with Crippen molar-refractivity contribution in [2.45, 2.75) is 13.0 Å². The summed E-state index contributed by atoms with van der Waals surface area (Å²) in [6, 6.07) is 0. The molecule has 0 aromatic rings. The van der Waals surface area contributed by atoms with Crippen LogP contribution < -0.4 is 0 Å². The van der Waals surface area contributed by atoms with Crippen molar-refractivity contribution in [1.29, 1.82) is 0 Å². The molecule has 0 saturated heterocycles. The summed E-state index contributed by atoms with van der Waals surface area (Å²) in [4.78, 5) is 10.2. The Kier molecular flexibility index (Phi) is 3.91. The number of rotatable bonds is 2. The number of hydrogen-bond donors (Lipinski definition) is 1. The SMILES string of the molecule is [CH2]C(O)CSC(C)=O. The molecule has 1 atom stereocenters. The van der Waals surface area contributed by atoms with Crippen molar-refractivity contribution < 1.29 is 9.90 Å². The molecule has 0 saturated carbocycles. The second kappa shape index (κ2) is 3.92. The first kappa shape index (κ1) is 7.98. The zero-order valence-corrected chi connectivity index (χ0v) is 5.57. The van der Waals surface area contributed by atoms with Gasteiger partial charge in [-0.15, -0.1) is 0 Å². The predicted molar refractivity (Wildman–Crippen MR) is 34.5 cm³/mol. The van der Waals surface area contributed by atoms with Gasteiger partial charge in [-0.2, -0.15) is 0 Å². The van der Waals surface area contributed by atoms with Gasteiger partial charge < -0.3 is 5.11 Å². The van der Waals surface area contributed by atoms with Crippen molar-refractivity contribution in [1.82, 2.24) is 0 Å². The summed E-state index contributed by atoms with van der Waals surface area (Å²) >= 11 is 1.09. The lowest BCUT2D eigenvalue weighted by atomic mass is 10.5. The van der Waals surface area contributed by atoms with Gasteiger partial charge in [-0.05, 0) is 6.92 Å². The van der Waals surface area contributed by atoms with E-state index in [0.717, 1.165) is 11.8 Å². The maximum absolute atomic E-state index is 10.2. The topological polar surface area (TPSA) is 37.3 Å². The number of carbonyl (C=O) groups excluding carboxylic acids is 1. The van der Waals surface area contributed by atoms with E-state index < -0.39 is 6.10 Å². The summed E-state index contributed by atoms with van der Waals surface area (Å²) in [6.07, 6.45) is -0.621. The van der Waals surface area contributed by atoms with Gasteiger partial charge in [0.2, 0.25) is 0 Å². The molecule has 2 nitrogen and oxygen atoms in total. The first-order chi connectivity index (χ1) is 3.63. The molecule has 0 aliphatic carbocycles. The van der Waals surface area contributed by atoms with Crippen molar-refractivity contribution in [2.24, 2.45) is 0 Å². The van der Waals surface area contributed by atoms with Crippen LogP contribution in [0, 0.1) is 6.92 Å². The van der Waals surface area contributed by atoms with Crippen LogP contribution >= 0.6 is 11.8 Å². The van der Waals surface area contributed by atoms with Crippen LogP contribution in [-0.2, 0) is 4.79 Å². The Hall–Kier alpha value is -0.0200. The number of carbonyl (C=O) groups is 1. The molecule has 47 valence electrons. The lowest BCUT2D eigenvalue weighted by Crippen LogP contribution is -2.04. The van der Waals surface area contributed by atoms with Gasteiger partial charge in [0.05, 0.1) is 6.10 Å². The average molecular weight is 133 g/mol. The molecule has 0 aliphatic rings. The van der Waals surface area contributed by atoms with Gasteiger partial charge in [0.15, 0.2) is 5.12 Å². The molecule has 8 heavy (non-hydrogen) atoms. The van der Waals surface area contributed by atoms with E-state index in [9.17, 15) is 4.79 Å². The molecular formula is C5H9O2S. The van der Waals surface area contributed by atoms with E-state index in [2.05, 4.69) is 6.92 Å². The first-order valence-corrected chi connectivity index (χ1v) is 3.26. The zero-order chi connectivity index (χ0) is 6.57. The molecule has 0 aromatic heterocycles. The van der Waals surface area contributed by atoms with Gasteiger partial charge in [0.1, 0.15) is 0 Å². The Bertz CT molecular complexity index is 80.5. The third kappa shape index (κ3) is 5.98. The summed E-state index contributed by atoms with van der Waals surface area (Å²) in [5.74, 6) is 0.398. The molecule has 0 fully saturated rings. The standard InChI is InChI=1S/C5H9O2S/c1-4(6)3-8-5(2)7/h4,6H,1,3H2,2H3. The third-order valence-electron chi connectivity index (χ3n) is 0.479. The van der Waals surface area contributed by atoms with Gasteiger partial charge in [-0.1, -0.05) is 11.8 Å². The molecule has 0 heterocycles. The molecule has 0 aromatic carbocycles. The van der Waals surface area contributed by atoms with Crippen molar-refractivity contribution in [3.63, 3.8) is 0 Å². The van der Waals surface area contributed by atoms with E-state index >= 15 is 0 Å². The molecule has 3 heteroatoms. The van der Waals surface area contributed by atoms with E-state index in [1.165, 1.54) is 6.92 Å². The lowest BCUT2D eigenvalue weighted by molar-refractivity contribution is -0.109. The van der Waals surface area contributed by atoms with E-state index in [-0.39, 0.29) is 5.12 Å². The molecule has 0 spiro atoms. The second-order valence-corrected chi connectivity index (χ2v) is 2.65. The van der Waals surface area contributed by atoms with Crippen LogP contribution in [0.15, 0.2) is 0 Å². The smallest absolute Gasteiger partial charge is 0.185 e. The molecule has 0 aliphatic heterocycles. The predicted octanol–water partition coefficient (Wildman–Crippen LogP) is 0.461. The number of thioether (sulfide) groups is 1. The highest BCUT2D eigenvalue weighted by atomic mass is 32.2. The van der Waals surface area contributed by atoms with E-state index in [1.54, 1.807) is 0 Å². The van der Waals surface area contributed by atoms with Crippen molar-refractivity contribution in [2.75, 3.05) is 5.75 Å². The number of hydrogen-bond acceptors (Lipinski definition) is 3. The molecule has 1 radical (unpaired) electrons. The molecule has 0 bridgehead atoms. The van der Waals surface area contributed by atoms with Crippen LogP contribution in [0.4, 0.5) is 0 Å². The third-order valence-corrected chi connectivity index (χ3v) is 1.44. The highest BCUT2D eigenvalue weighted by molar-refractivity contribution is 8.13. The number of aliphatic hydroxyl groups is 1. The first-order valence-electron chi connectivity index (χ1n) is 2.27. The highest BCUT2D eigenvalue weighted by Crippen LogP contribution is 2.01. The van der Waals surface area contributed by atoms with Crippen molar-refractivity contribution in [3.8, 4) is 0 Å². The highest BCUT2D eigenvalue weighted by Gasteiger charge is 1.97. The Labute approximate surface area is 53.3 Å². The fourth-order valence-corrected chi connectivity index (χ4v) is 0.641. The normalized spacial score (nSPS) is 13.4. The average Bonchev–Trinajstić information content (AvgIpc) is 1.61. The number of aliphatic hydroxyl groups excluding tert-OH is 1. The van der Waals surface area contributed by atoms with Crippen LogP contribution in [0.2, 0.25) is 0 Å². The van der Waals surface area contributed by atoms with Gasteiger partial charge in [-0.3, -0.25) is 4.79 Å². The van der Waals surface area contributed by atoms with Crippen LogP contribution in [0.3, 0.4) is 0 Å². The lowest BCUT2D eigenvalue weighted by Gasteiger charge is -1.97.